The van der Waals surface area contributed by atoms with Crippen LogP contribution in [-0.4, -0.2) is 13.7 Å². The fourth-order valence-corrected chi connectivity index (χ4v) is 1.05. The second kappa shape index (κ2) is 3.18. The van der Waals surface area contributed by atoms with Gasteiger partial charge in [-0.05, 0) is 6.92 Å². The first-order chi connectivity index (χ1) is 4.96. The van der Waals surface area contributed by atoms with Gasteiger partial charge in [-0.25, -0.2) is 8.42 Å². The van der Waals surface area contributed by atoms with Gasteiger partial charge in [0.1, 0.15) is 0 Å². The first-order valence-electron chi connectivity index (χ1n) is 2.65. The fraction of sp³-hybridized carbons (Fsp3) is 0.333. The molecular weight excluding hydrogens is 164 g/mol. The summed E-state index contributed by atoms with van der Waals surface area (Å²) in [5.41, 5.74) is 0. The van der Waals surface area contributed by atoms with Crippen LogP contribution in [0.25, 0.3) is 0 Å². The van der Waals surface area contributed by atoms with E-state index < -0.39 is 15.1 Å². The molecule has 11 heavy (non-hydrogen) atoms. The topological polar surface area (TPSA) is 81.7 Å². The van der Waals surface area contributed by atoms with Crippen molar-refractivity contribution in [3.63, 3.8) is 0 Å². The summed E-state index contributed by atoms with van der Waals surface area (Å²) in [6.07, 6.45) is 0. The van der Waals surface area contributed by atoms with Crippen molar-refractivity contribution in [2.75, 3.05) is 0 Å². The third kappa shape index (κ3) is 1.79. The highest BCUT2D eigenvalue weighted by atomic mass is 32.2. The van der Waals surface area contributed by atoms with Crippen LogP contribution in [0.1, 0.15) is 6.92 Å². The van der Waals surface area contributed by atoms with Crippen LogP contribution >= 0.6 is 0 Å². The standard InChI is InChI=1S/C6H6N2O2S/c1-5(2)11(9,10)6(3-7)4-8/h6H,1H2,2H3. The van der Waals surface area contributed by atoms with Gasteiger partial charge in [0.15, 0.2) is 0 Å². The largest absolute Gasteiger partial charge is 0.237 e. The SMILES string of the molecule is C=C(C)S(=O)(=O)C(C#N)C#N. The van der Waals surface area contributed by atoms with E-state index in [1.54, 1.807) is 0 Å². The molecule has 0 aromatic carbocycles. The van der Waals surface area contributed by atoms with Gasteiger partial charge >= 0.3 is 0 Å². The summed E-state index contributed by atoms with van der Waals surface area (Å²) in [6, 6.07) is 2.73. The Hall–Kier alpha value is -1.33. The van der Waals surface area contributed by atoms with Crippen LogP contribution < -0.4 is 0 Å². The number of rotatable bonds is 2. The van der Waals surface area contributed by atoms with E-state index in [4.69, 9.17) is 10.5 Å². The molecule has 0 aliphatic heterocycles. The Morgan fingerprint density at radius 1 is 1.45 bits per heavy atom. The van der Waals surface area contributed by atoms with Gasteiger partial charge in [-0.15, -0.1) is 0 Å². The summed E-state index contributed by atoms with van der Waals surface area (Å²) in [4.78, 5) is -0.161. The smallest absolute Gasteiger partial charge is 0.222 e. The Morgan fingerprint density at radius 2 is 1.82 bits per heavy atom. The van der Waals surface area contributed by atoms with Gasteiger partial charge in [-0.3, -0.25) is 0 Å². The molecule has 0 rings (SSSR count). The van der Waals surface area contributed by atoms with Gasteiger partial charge in [0, 0.05) is 4.91 Å². The van der Waals surface area contributed by atoms with Crippen LogP contribution in [-0.2, 0) is 9.84 Å². The predicted molar refractivity (Wildman–Crippen MR) is 38.7 cm³/mol. The lowest BCUT2D eigenvalue weighted by Gasteiger charge is -1.99. The molecule has 0 N–H and O–H groups in total. The average Bonchev–Trinajstić information content (AvgIpc) is 1.89. The molecule has 0 bridgehead atoms. The van der Waals surface area contributed by atoms with E-state index in [0.717, 1.165) is 0 Å². The fourth-order valence-electron chi connectivity index (χ4n) is 0.369. The summed E-state index contributed by atoms with van der Waals surface area (Å²) in [5, 5.41) is 14.8. The predicted octanol–water partition coefficient (Wildman–Crippen LogP) is 0.351. The Kier molecular flexibility index (Phi) is 2.79. The van der Waals surface area contributed by atoms with Gasteiger partial charge < -0.3 is 0 Å². The van der Waals surface area contributed by atoms with E-state index in [2.05, 4.69) is 6.58 Å². The molecule has 0 aliphatic rings. The number of sulfone groups is 1. The van der Waals surface area contributed by atoms with Crippen LogP contribution in [0.5, 0.6) is 0 Å². The Morgan fingerprint density at radius 3 is 1.91 bits per heavy atom. The highest BCUT2D eigenvalue weighted by Crippen LogP contribution is 2.09. The van der Waals surface area contributed by atoms with Gasteiger partial charge in [0.05, 0.1) is 12.1 Å². The minimum absolute atomic E-state index is 0.161. The van der Waals surface area contributed by atoms with Crippen molar-refractivity contribution in [2.45, 2.75) is 12.2 Å². The van der Waals surface area contributed by atoms with Crippen molar-refractivity contribution in [1.29, 1.82) is 10.5 Å². The zero-order valence-corrected chi connectivity index (χ0v) is 6.72. The Bertz CT molecular complexity index is 328. The van der Waals surface area contributed by atoms with Crippen molar-refractivity contribution in [2.24, 2.45) is 0 Å². The third-order valence-corrected chi connectivity index (χ3v) is 2.83. The van der Waals surface area contributed by atoms with E-state index >= 15 is 0 Å². The molecule has 5 heteroatoms. The Balaban J connectivity index is 5.07. The summed E-state index contributed by atoms with van der Waals surface area (Å²) < 4.78 is 21.9. The lowest BCUT2D eigenvalue weighted by atomic mass is 10.5. The minimum Gasteiger partial charge on any atom is -0.222 e. The van der Waals surface area contributed by atoms with Gasteiger partial charge in [-0.1, -0.05) is 6.58 Å². The summed E-state index contributed by atoms with van der Waals surface area (Å²) in [7, 11) is -3.76. The molecule has 0 aromatic rings. The van der Waals surface area contributed by atoms with Gasteiger partial charge in [0.2, 0.25) is 15.1 Å². The van der Waals surface area contributed by atoms with Crippen molar-refractivity contribution < 1.29 is 8.42 Å². The second-order valence-electron chi connectivity index (χ2n) is 1.89. The summed E-state index contributed by atoms with van der Waals surface area (Å²) >= 11 is 0. The van der Waals surface area contributed by atoms with Crippen LogP contribution in [0, 0.1) is 22.7 Å². The molecule has 0 atom stereocenters. The zero-order valence-electron chi connectivity index (χ0n) is 5.90. The second-order valence-corrected chi connectivity index (χ2v) is 4.14. The third-order valence-electron chi connectivity index (χ3n) is 1.03. The van der Waals surface area contributed by atoms with Crippen LogP contribution in [0.15, 0.2) is 11.5 Å². The van der Waals surface area contributed by atoms with E-state index in [-0.39, 0.29) is 4.91 Å². The molecule has 58 valence electrons. The molecule has 0 unspecified atom stereocenters. The van der Waals surface area contributed by atoms with Crippen molar-refractivity contribution in [1.82, 2.24) is 0 Å². The van der Waals surface area contributed by atoms with Gasteiger partial charge in [0.25, 0.3) is 0 Å². The van der Waals surface area contributed by atoms with E-state index in [9.17, 15) is 8.42 Å². The molecule has 0 amide bonds. The number of nitriles is 2. The van der Waals surface area contributed by atoms with Crippen molar-refractivity contribution in [3.05, 3.63) is 11.5 Å². The maximum atomic E-state index is 10.9. The lowest BCUT2D eigenvalue weighted by Crippen LogP contribution is -2.17. The molecule has 0 heterocycles. The first kappa shape index (κ1) is 9.67. The minimum atomic E-state index is -3.76. The normalized spacial score (nSPS) is 10.2. The maximum absolute atomic E-state index is 10.9. The number of allylic oxidation sites excluding steroid dienone is 1. The first-order valence-corrected chi connectivity index (χ1v) is 4.20. The average molecular weight is 170 g/mol. The van der Waals surface area contributed by atoms with Crippen molar-refractivity contribution >= 4 is 9.84 Å². The molecule has 0 fully saturated rings. The Labute approximate surface area is 65.3 Å². The van der Waals surface area contributed by atoms with Crippen LogP contribution in [0.3, 0.4) is 0 Å². The molecule has 4 nitrogen and oxygen atoms in total. The molecule has 0 saturated carbocycles. The van der Waals surface area contributed by atoms with E-state index in [1.807, 2.05) is 0 Å². The zero-order chi connectivity index (χ0) is 9.07. The highest BCUT2D eigenvalue weighted by Gasteiger charge is 2.25. The number of nitrogens with zero attached hydrogens (tertiary/aromatic N) is 2. The molecular formula is C6H6N2O2S. The number of hydrogen-bond donors (Lipinski definition) is 0. The monoisotopic (exact) mass is 170 g/mol. The van der Waals surface area contributed by atoms with Gasteiger partial charge in [-0.2, -0.15) is 10.5 Å². The van der Waals surface area contributed by atoms with E-state index in [1.165, 1.54) is 19.1 Å². The quantitative estimate of drug-likeness (QED) is 0.598. The molecule has 0 saturated heterocycles. The molecule has 0 spiro atoms. The lowest BCUT2D eigenvalue weighted by molar-refractivity contribution is 0.601. The van der Waals surface area contributed by atoms with Crippen molar-refractivity contribution in [3.8, 4) is 12.1 Å². The molecule has 0 radical (unpaired) electrons. The van der Waals surface area contributed by atoms with Crippen LogP contribution in [0.2, 0.25) is 0 Å². The summed E-state index contributed by atoms with van der Waals surface area (Å²) in [5.74, 6) is 0. The number of hydrogen-bond acceptors (Lipinski definition) is 4. The van der Waals surface area contributed by atoms with E-state index in [0.29, 0.717) is 0 Å². The molecule has 0 aromatic heterocycles. The maximum Gasteiger partial charge on any atom is 0.237 e. The highest BCUT2D eigenvalue weighted by molar-refractivity contribution is 7.96. The molecule has 0 aliphatic carbocycles. The van der Waals surface area contributed by atoms with Crippen LogP contribution in [0.4, 0.5) is 0 Å². The summed E-state index contributed by atoms with van der Waals surface area (Å²) in [6.45, 7) is 4.40.